The molecule has 0 aliphatic carbocycles. The Balaban J connectivity index is 3.89. The van der Waals surface area contributed by atoms with Crippen LogP contribution in [-0.4, -0.2) is 15.0 Å². The summed E-state index contributed by atoms with van der Waals surface area (Å²) >= 11 is 0. The molecule has 0 heterocycles. The maximum Gasteiger partial charge on any atom is 0.289 e. The standard InChI is InChI=1S/C5H8O3S/c1-3-5-8-9(6,7)4-2/h3-4H,1-2,5H2. The second-order valence-corrected chi connectivity index (χ2v) is 2.79. The van der Waals surface area contributed by atoms with Crippen molar-refractivity contribution in [1.82, 2.24) is 0 Å². The van der Waals surface area contributed by atoms with Gasteiger partial charge in [-0.25, -0.2) is 0 Å². The second-order valence-electron chi connectivity index (χ2n) is 1.23. The zero-order valence-corrected chi connectivity index (χ0v) is 5.73. The summed E-state index contributed by atoms with van der Waals surface area (Å²) in [6.45, 7) is 6.31. The minimum atomic E-state index is -3.49. The normalized spacial score (nSPS) is 10.7. The van der Waals surface area contributed by atoms with Crippen molar-refractivity contribution >= 4 is 10.1 Å². The van der Waals surface area contributed by atoms with E-state index in [4.69, 9.17) is 0 Å². The molecule has 0 aromatic carbocycles. The molecule has 0 aromatic heterocycles. The third-order valence-corrected chi connectivity index (χ3v) is 1.43. The van der Waals surface area contributed by atoms with E-state index in [0.29, 0.717) is 0 Å². The summed E-state index contributed by atoms with van der Waals surface area (Å²) in [6, 6.07) is 0. The molecule has 4 heteroatoms. The topological polar surface area (TPSA) is 43.4 Å². The van der Waals surface area contributed by atoms with Gasteiger partial charge in [-0.3, -0.25) is 4.18 Å². The minimum absolute atomic E-state index is 0.00560. The molecule has 0 radical (unpaired) electrons. The maximum absolute atomic E-state index is 10.4. The van der Waals surface area contributed by atoms with E-state index >= 15 is 0 Å². The molecule has 0 unspecified atom stereocenters. The van der Waals surface area contributed by atoms with E-state index < -0.39 is 10.1 Å². The SMILES string of the molecule is C=CCOS(=O)(=O)C=C. The molecule has 0 fully saturated rings. The Morgan fingerprint density at radius 1 is 1.44 bits per heavy atom. The molecule has 3 nitrogen and oxygen atoms in total. The molecule has 0 saturated carbocycles. The Morgan fingerprint density at radius 2 is 2.00 bits per heavy atom. The van der Waals surface area contributed by atoms with Crippen molar-refractivity contribution < 1.29 is 12.6 Å². The van der Waals surface area contributed by atoms with Crippen molar-refractivity contribution in [3.05, 3.63) is 24.6 Å². The average molecular weight is 148 g/mol. The van der Waals surface area contributed by atoms with Crippen LogP contribution in [0.2, 0.25) is 0 Å². The van der Waals surface area contributed by atoms with E-state index in [1.54, 1.807) is 0 Å². The molecular weight excluding hydrogens is 140 g/mol. The van der Waals surface area contributed by atoms with Crippen LogP contribution in [0.25, 0.3) is 0 Å². The average Bonchev–Trinajstić information content (AvgIpc) is 1.84. The van der Waals surface area contributed by atoms with E-state index in [9.17, 15) is 8.42 Å². The van der Waals surface area contributed by atoms with Crippen LogP contribution < -0.4 is 0 Å². The fourth-order valence-corrected chi connectivity index (χ4v) is 0.573. The molecule has 0 bridgehead atoms. The fourth-order valence-electron chi connectivity index (χ4n) is 0.191. The predicted octanol–water partition coefficient (Wildman–Crippen LogP) is 0.662. The summed E-state index contributed by atoms with van der Waals surface area (Å²) in [4.78, 5) is 0. The first-order valence-corrected chi connectivity index (χ1v) is 3.72. The first-order chi connectivity index (χ1) is 4.12. The van der Waals surface area contributed by atoms with Gasteiger partial charge >= 0.3 is 0 Å². The van der Waals surface area contributed by atoms with Gasteiger partial charge in [-0.15, -0.1) is 6.58 Å². The van der Waals surface area contributed by atoms with E-state index in [0.717, 1.165) is 5.41 Å². The van der Waals surface area contributed by atoms with Crippen LogP contribution in [0.3, 0.4) is 0 Å². The minimum Gasteiger partial charge on any atom is -0.263 e. The van der Waals surface area contributed by atoms with Gasteiger partial charge in [0.2, 0.25) is 0 Å². The lowest BCUT2D eigenvalue weighted by molar-refractivity contribution is 0.365. The molecule has 0 rings (SSSR count). The maximum atomic E-state index is 10.4. The van der Waals surface area contributed by atoms with Crippen LogP contribution in [0.4, 0.5) is 0 Å². The quantitative estimate of drug-likeness (QED) is 0.434. The summed E-state index contributed by atoms with van der Waals surface area (Å²) in [6.07, 6.45) is 1.35. The molecular formula is C5H8O3S. The first-order valence-electron chi connectivity index (χ1n) is 2.25. The highest BCUT2D eigenvalue weighted by atomic mass is 32.2. The molecule has 0 aromatic rings. The third-order valence-electron chi connectivity index (χ3n) is 0.554. The van der Waals surface area contributed by atoms with Crippen molar-refractivity contribution in [3.8, 4) is 0 Å². The Morgan fingerprint density at radius 3 is 2.33 bits per heavy atom. The molecule has 0 aliphatic rings. The number of hydrogen-bond acceptors (Lipinski definition) is 3. The predicted molar refractivity (Wildman–Crippen MR) is 35.3 cm³/mol. The van der Waals surface area contributed by atoms with E-state index in [1.165, 1.54) is 6.08 Å². The summed E-state index contributed by atoms with van der Waals surface area (Å²) in [7, 11) is -3.49. The lowest BCUT2D eigenvalue weighted by atomic mass is 10.7. The van der Waals surface area contributed by atoms with E-state index in [1.807, 2.05) is 0 Å². The summed E-state index contributed by atoms with van der Waals surface area (Å²) in [5.74, 6) is 0. The van der Waals surface area contributed by atoms with Gasteiger partial charge in [0, 0.05) is 0 Å². The highest BCUT2D eigenvalue weighted by Gasteiger charge is 2.00. The second kappa shape index (κ2) is 3.42. The van der Waals surface area contributed by atoms with Gasteiger partial charge in [0.05, 0.1) is 12.0 Å². The Labute approximate surface area is 54.8 Å². The van der Waals surface area contributed by atoms with E-state index in [2.05, 4.69) is 17.3 Å². The largest absolute Gasteiger partial charge is 0.289 e. The molecule has 0 saturated heterocycles. The lowest BCUT2D eigenvalue weighted by Gasteiger charge is -1.93. The van der Waals surface area contributed by atoms with Crippen molar-refractivity contribution in [3.63, 3.8) is 0 Å². The smallest absolute Gasteiger partial charge is 0.263 e. The first kappa shape index (κ1) is 8.39. The molecule has 9 heavy (non-hydrogen) atoms. The summed E-state index contributed by atoms with van der Waals surface area (Å²) in [5.41, 5.74) is 0. The van der Waals surface area contributed by atoms with Crippen molar-refractivity contribution in [1.29, 1.82) is 0 Å². The zero-order valence-electron chi connectivity index (χ0n) is 4.91. The molecule has 0 amide bonds. The fraction of sp³-hybridized carbons (Fsp3) is 0.200. The number of hydrogen-bond donors (Lipinski definition) is 0. The van der Waals surface area contributed by atoms with Gasteiger partial charge < -0.3 is 0 Å². The summed E-state index contributed by atoms with van der Waals surface area (Å²) in [5, 5.41) is 0.747. The molecule has 52 valence electrons. The van der Waals surface area contributed by atoms with Crippen LogP contribution in [0.15, 0.2) is 24.6 Å². The van der Waals surface area contributed by atoms with Crippen molar-refractivity contribution in [2.24, 2.45) is 0 Å². The van der Waals surface area contributed by atoms with Crippen LogP contribution in [-0.2, 0) is 14.3 Å². The van der Waals surface area contributed by atoms with Crippen LogP contribution in [0, 0.1) is 0 Å². The van der Waals surface area contributed by atoms with Crippen LogP contribution in [0.1, 0.15) is 0 Å². The van der Waals surface area contributed by atoms with Crippen LogP contribution in [0.5, 0.6) is 0 Å². The van der Waals surface area contributed by atoms with Gasteiger partial charge in [0.25, 0.3) is 10.1 Å². The molecule has 0 N–H and O–H groups in total. The van der Waals surface area contributed by atoms with Crippen LogP contribution >= 0.6 is 0 Å². The Bertz CT molecular complexity index is 190. The Kier molecular flexibility index (Phi) is 3.19. The number of rotatable bonds is 4. The highest BCUT2D eigenvalue weighted by molar-refractivity contribution is 7.89. The van der Waals surface area contributed by atoms with Gasteiger partial charge in [0.15, 0.2) is 0 Å². The van der Waals surface area contributed by atoms with E-state index in [-0.39, 0.29) is 6.61 Å². The third kappa shape index (κ3) is 3.93. The highest BCUT2D eigenvalue weighted by Crippen LogP contribution is 1.91. The lowest BCUT2D eigenvalue weighted by Crippen LogP contribution is -2.00. The van der Waals surface area contributed by atoms with Gasteiger partial charge in [-0.05, 0) is 0 Å². The van der Waals surface area contributed by atoms with Gasteiger partial charge in [-0.2, -0.15) is 8.42 Å². The van der Waals surface area contributed by atoms with Gasteiger partial charge in [-0.1, -0.05) is 12.7 Å². The monoisotopic (exact) mass is 148 g/mol. The molecule has 0 atom stereocenters. The Hall–Kier alpha value is -0.610. The summed E-state index contributed by atoms with van der Waals surface area (Å²) < 4.78 is 25.0. The van der Waals surface area contributed by atoms with Crippen molar-refractivity contribution in [2.45, 2.75) is 0 Å². The van der Waals surface area contributed by atoms with Gasteiger partial charge in [0.1, 0.15) is 0 Å². The zero-order chi connectivity index (χ0) is 7.33. The molecule has 0 aliphatic heterocycles. The van der Waals surface area contributed by atoms with Crippen molar-refractivity contribution in [2.75, 3.05) is 6.61 Å². The molecule has 0 spiro atoms.